The number of nitrogens with one attached hydrogen (secondary N) is 2. The summed E-state index contributed by atoms with van der Waals surface area (Å²) in [4.78, 5) is 26.8. The molecule has 96 valence electrons. The van der Waals surface area contributed by atoms with Gasteiger partial charge in [-0.05, 0) is 24.1 Å². The van der Waals surface area contributed by atoms with Crippen LogP contribution in [-0.2, 0) is 4.79 Å². The third-order valence-electron chi connectivity index (χ3n) is 2.62. The van der Waals surface area contributed by atoms with Crippen molar-refractivity contribution in [2.24, 2.45) is 0 Å². The highest BCUT2D eigenvalue weighted by molar-refractivity contribution is 9.10. The second kappa shape index (κ2) is 4.95. The monoisotopic (exact) mass is 314 g/mol. The Hall–Kier alpha value is -1.60. The number of carboxylic acid groups (broad SMARTS) is 1. The summed E-state index contributed by atoms with van der Waals surface area (Å²) in [5.41, 5.74) is 1.43. The molecule has 2 rings (SSSR count). The van der Waals surface area contributed by atoms with Gasteiger partial charge in [-0.3, -0.25) is 4.79 Å². The van der Waals surface area contributed by atoms with E-state index in [0.717, 1.165) is 0 Å². The lowest BCUT2D eigenvalue weighted by molar-refractivity contribution is -0.137. The number of imidazole rings is 1. The van der Waals surface area contributed by atoms with E-state index in [1.165, 1.54) is 0 Å². The maximum atomic E-state index is 11.1. The molecule has 0 unspecified atom stereocenters. The van der Waals surface area contributed by atoms with Crippen molar-refractivity contribution >= 4 is 32.9 Å². The summed E-state index contributed by atoms with van der Waals surface area (Å²) in [5, 5.41) is 18.5. The standard InChI is InChI=1S/C11H11BrN2O4/c12-6-4-8-7(13-11(18)14-8)3-5(6)9(15)1-2-10(16)17/h3-4,9,15H,1-2H2,(H,16,17)(H2,13,14,18)/t9-/m1/s1. The SMILES string of the molecule is O=C(O)CC[C@@H](O)c1cc2[nH]c(=O)[nH]c2cc1Br. The van der Waals surface area contributed by atoms with E-state index in [9.17, 15) is 14.7 Å². The van der Waals surface area contributed by atoms with Gasteiger partial charge < -0.3 is 20.2 Å². The van der Waals surface area contributed by atoms with Crippen molar-refractivity contribution in [1.29, 1.82) is 0 Å². The van der Waals surface area contributed by atoms with Gasteiger partial charge in [0.1, 0.15) is 0 Å². The van der Waals surface area contributed by atoms with E-state index >= 15 is 0 Å². The number of carbonyl (C=O) groups is 1. The summed E-state index contributed by atoms with van der Waals surface area (Å²) in [7, 11) is 0. The number of benzene rings is 1. The first-order chi connectivity index (χ1) is 8.47. The van der Waals surface area contributed by atoms with Gasteiger partial charge in [0.25, 0.3) is 0 Å². The Kier molecular flexibility index (Phi) is 3.53. The molecule has 0 amide bonds. The highest BCUT2D eigenvalue weighted by Crippen LogP contribution is 2.29. The molecule has 18 heavy (non-hydrogen) atoms. The number of H-pyrrole nitrogens is 2. The van der Waals surface area contributed by atoms with Crippen LogP contribution in [0.5, 0.6) is 0 Å². The molecule has 2 aromatic rings. The summed E-state index contributed by atoms with van der Waals surface area (Å²) in [6.45, 7) is 0. The number of rotatable bonds is 4. The highest BCUT2D eigenvalue weighted by Gasteiger charge is 2.14. The number of hydrogen-bond acceptors (Lipinski definition) is 3. The molecule has 0 spiro atoms. The number of halogens is 1. The lowest BCUT2D eigenvalue weighted by atomic mass is 10.0. The molecule has 0 fully saturated rings. The molecule has 6 nitrogen and oxygen atoms in total. The Balaban J connectivity index is 2.34. The van der Waals surface area contributed by atoms with Crippen LogP contribution in [0.15, 0.2) is 21.4 Å². The van der Waals surface area contributed by atoms with Crippen LogP contribution in [0.25, 0.3) is 11.0 Å². The third kappa shape index (κ3) is 2.62. The van der Waals surface area contributed by atoms with Crippen molar-refractivity contribution in [1.82, 2.24) is 9.97 Å². The largest absolute Gasteiger partial charge is 0.481 e. The van der Waals surface area contributed by atoms with Crippen LogP contribution < -0.4 is 5.69 Å². The zero-order valence-electron chi connectivity index (χ0n) is 9.24. The normalized spacial score (nSPS) is 12.8. The summed E-state index contributed by atoms with van der Waals surface area (Å²) < 4.78 is 0.628. The molecule has 0 bridgehead atoms. The molecule has 0 saturated heterocycles. The Morgan fingerprint density at radius 2 is 1.94 bits per heavy atom. The molecular formula is C11H11BrN2O4. The van der Waals surface area contributed by atoms with Crippen LogP contribution in [-0.4, -0.2) is 26.2 Å². The van der Waals surface area contributed by atoms with Gasteiger partial charge in [0, 0.05) is 10.9 Å². The third-order valence-corrected chi connectivity index (χ3v) is 3.31. The molecule has 1 heterocycles. The summed E-state index contributed by atoms with van der Waals surface area (Å²) in [5.74, 6) is -0.957. The van der Waals surface area contributed by atoms with E-state index in [2.05, 4.69) is 25.9 Å². The van der Waals surface area contributed by atoms with Gasteiger partial charge >= 0.3 is 11.7 Å². The number of aliphatic carboxylic acids is 1. The Morgan fingerprint density at radius 3 is 2.56 bits per heavy atom. The fourth-order valence-corrected chi connectivity index (χ4v) is 2.35. The highest BCUT2D eigenvalue weighted by atomic mass is 79.9. The predicted molar refractivity (Wildman–Crippen MR) is 68.4 cm³/mol. The van der Waals surface area contributed by atoms with E-state index in [1.54, 1.807) is 12.1 Å². The second-order valence-corrected chi connectivity index (χ2v) is 4.80. The van der Waals surface area contributed by atoms with Gasteiger partial charge in [0.2, 0.25) is 0 Å². The maximum Gasteiger partial charge on any atom is 0.323 e. The van der Waals surface area contributed by atoms with Gasteiger partial charge in [-0.1, -0.05) is 15.9 Å². The first kappa shape index (κ1) is 12.8. The van der Waals surface area contributed by atoms with Crippen LogP contribution in [0.3, 0.4) is 0 Å². The van der Waals surface area contributed by atoms with Gasteiger partial charge in [-0.15, -0.1) is 0 Å². The number of aromatic amines is 2. The lowest BCUT2D eigenvalue weighted by Gasteiger charge is -2.11. The molecule has 0 aliphatic carbocycles. The number of aliphatic hydroxyl groups excluding tert-OH is 1. The van der Waals surface area contributed by atoms with Gasteiger partial charge in [0.15, 0.2) is 0 Å². The quantitative estimate of drug-likeness (QED) is 0.686. The lowest BCUT2D eigenvalue weighted by Crippen LogP contribution is -2.03. The first-order valence-corrected chi connectivity index (χ1v) is 6.08. The predicted octanol–water partition coefficient (Wildman–Crippen LogP) is 1.52. The molecule has 0 aliphatic rings. The van der Waals surface area contributed by atoms with Crippen molar-refractivity contribution < 1.29 is 15.0 Å². The van der Waals surface area contributed by atoms with Crippen molar-refractivity contribution in [3.05, 3.63) is 32.7 Å². The number of hydrogen-bond donors (Lipinski definition) is 4. The molecule has 7 heteroatoms. The molecule has 1 aromatic carbocycles. The van der Waals surface area contributed by atoms with Crippen molar-refractivity contribution in [2.45, 2.75) is 18.9 Å². The number of fused-ring (bicyclic) bond motifs is 1. The fraction of sp³-hybridized carbons (Fsp3) is 0.273. The average Bonchev–Trinajstić information content (AvgIpc) is 2.64. The van der Waals surface area contributed by atoms with E-state index in [4.69, 9.17) is 5.11 Å². The van der Waals surface area contributed by atoms with Crippen LogP contribution in [0.1, 0.15) is 24.5 Å². The minimum Gasteiger partial charge on any atom is -0.481 e. The van der Waals surface area contributed by atoms with Crippen molar-refractivity contribution in [2.75, 3.05) is 0 Å². The molecule has 1 aromatic heterocycles. The summed E-state index contributed by atoms with van der Waals surface area (Å²) >= 11 is 3.29. The second-order valence-electron chi connectivity index (χ2n) is 3.95. The number of carboxylic acids is 1. The summed E-state index contributed by atoms with van der Waals surface area (Å²) in [6.07, 6.45) is -0.887. The topological polar surface area (TPSA) is 106 Å². The van der Waals surface area contributed by atoms with E-state index < -0.39 is 12.1 Å². The van der Waals surface area contributed by atoms with Crippen LogP contribution in [0.4, 0.5) is 0 Å². The van der Waals surface area contributed by atoms with Gasteiger partial charge in [-0.25, -0.2) is 4.79 Å². The number of aromatic nitrogens is 2. The van der Waals surface area contributed by atoms with Crippen LogP contribution in [0, 0.1) is 0 Å². The zero-order valence-corrected chi connectivity index (χ0v) is 10.8. The van der Waals surface area contributed by atoms with E-state index in [1.807, 2.05) is 0 Å². The first-order valence-electron chi connectivity index (χ1n) is 5.28. The van der Waals surface area contributed by atoms with E-state index in [-0.39, 0.29) is 18.5 Å². The van der Waals surface area contributed by atoms with Crippen molar-refractivity contribution in [3.8, 4) is 0 Å². The molecule has 0 saturated carbocycles. The molecule has 0 aliphatic heterocycles. The average molecular weight is 315 g/mol. The Labute approximate surface area is 110 Å². The molecule has 4 N–H and O–H groups in total. The minimum absolute atomic E-state index is 0.116. The van der Waals surface area contributed by atoms with Gasteiger partial charge in [-0.2, -0.15) is 0 Å². The zero-order chi connectivity index (χ0) is 13.3. The fourth-order valence-electron chi connectivity index (χ4n) is 1.74. The Morgan fingerprint density at radius 1 is 1.33 bits per heavy atom. The van der Waals surface area contributed by atoms with Gasteiger partial charge in [0.05, 0.1) is 17.1 Å². The minimum atomic E-state index is -0.957. The smallest absolute Gasteiger partial charge is 0.323 e. The van der Waals surface area contributed by atoms with Crippen LogP contribution >= 0.6 is 15.9 Å². The molecular weight excluding hydrogens is 304 g/mol. The Bertz CT molecular complexity index is 646. The van der Waals surface area contributed by atoms with Crippen LogP contribution in [0.2, 0.25) is 0 Å². The van der Waals surface area contributed by atoms with E-state index in [0.29, 0.717) is 21.1 Å². The maximum absolute atomic E-state index is 11.1. The van der Waals surface area contributed by atoms with Crippen molar-refractivity contribution in [3.63, 3.8) is 0 Å². The summed E-state index contributed by atoms with van der Waals surface area (Å²) in [6, 6.07) is 3.30. The number of aliphatic hydroxyl groups is 1. The molecule has 0 radical (unpaired) electrons. The molecule has 1 atom stereocenters.